The molecule has 0 saturated heterocycles. The highest BCUT2D eigenvalue weighted by Crippen LogP contribution is 1.93. The molecule has 0 fully saturated rings. The van der Waals surface area contributed by atoms with Crippen LogP contribution < -0.4 is 0 Å². The molecule has 0 aromatic carbocycles. The molecule has 0 aromatic heterocycles. The van der Waals surface area contributed by atoms with Gasteiger partial charge in [0.05, 0.1) is 12.1 Å². The number of thioether (sulfide) groups is 1. The Balaban J connectivity index is 3.74. The molecule has 0 spiro atoms. The summed E-state index contributed by atoms with van der Waals surface area (Å²) in [7, 11) is 0. The fourth-order valence-electron chi connectivity index (χ4n) is 0.553. The highest BCUT2D eigenvalue weighted by atomic mass is 32.2. The van der Waals surface area contributed by atoms with E-state index >= 15 is 0 Å². The zero-order valence-electron chi connectivity index (χ0n) is 9.16. The minimum atomic E-state index is 0.694. The summed E-state index contributed by atoms with van der Waals surface area (Å²) < 4.78 is 0. The molecule has 0 aromatic rings. The summed E-state index contributed by atoms with van der Waals surface area (Å²) in [6.45, 7) is 10.5. The molecule has 0 aliphatic heterocycles. The molecule has 0 amide bonds. The van der Waals surface area contributed by atoms with Crippen LogP contribution in [0.3, 0.4) is 0 Å². The standard InChI is InChI=1S/C11H18N2S/c1-5-14-9-12-7-6-8-13-11(4)10(2)3/h6,8-9H,2,5,7H2,1,3-4H3/b8-6-,12-9?,13-11?. The number of allylic oxidation sites excluding steroid dienone is 1. The number of rotatable bonds is 6. The van der Waals surface area contributed by atoms with Crippen LogP contribution in [0, 0.1) is 0 Å². The minimum absolute atomic E-state index is 0.694. The summed E-state index contributed by atoms with van der Waals surface area (Å²) in [4.78, 5) is 8.36. The van der Waals surface area contributed by atoms with Crippen LogP contribution in [0.1, 0.15) is 20.8 Å². The van der Waals surface area contributed by atoms with Gasteiger partial charge in [-0.05, 0) is 31.2 Å². The maximum Gasteiger partial charge on any atom is 0.0594 e. The summed E-state index contributed by atoms with van der Waals surface area (Å²) in [6, 6.07) is 0. The molecule has 14 heavy (non-hydrogen) atoms. The predicted octanol–water partition coefficient (Wildman–Crippen LogP) is 3.32. The lowest BCUT2D eigenvalue weighted by Crippen LogP contribution is -1.88. The second-order valence-corrected chi connectivity index (χ2v) is 3.93. The van der Waals surface area contributed by atoms with Gasteiger partial charge in [0.15, 0.2) is 0 Å². The third-order valence-electron chi connectivity index (χ3n) is 1.52. The Morgan fingerprint density at radius 3 is 2.71 bits per heavy atom. The number of aliphatic imine (C=N–C) groups is 2. The zero-order valence-corrected chi connectivity index (χ0v) is 9.97. The number of nitrogens with zero attached hydrogens (tertiary/aromatic N) is 2. The maximum atomic E-state index is 4.20. The first kappa shape index (κ1) is 13.2. The van der Waals surface area contributed by atoms with Crippen LogP contribution in [0.4, 0.5) is 0 Å². The van der Waals surface area contributed by atoms with Crippen LogP contribution >= 0.6 is 11.8 Å². The largest absolute Gasteiger partial charge is 0.282 e. The van der Waals surface area contributed by atoms with Crippen molar-refractivity contribution in [2.75, 3.05) is 12.3 Å². The highest BCUT2D eigenvalue weighted by molar-refractivity contribution is 8.12. The Morgan fingerprint density at radius 1 is 1.43 bits per heavy atom. The molecule has 0 aliphatic carbocycles. The molecule has 0 atom stereocenters. The third-order valence-corrected chi connectivity index (χ3v) is 2.15. The smallest absolute Gasteiger partial charge is 0.0594 e. The highest BCUT2D eigenvalue weighted by Gasteiger charge is 1.85. The van der Waals surface area contributed by atoms with Crippen LogP contribution in [0.15, 0.2) is 34.4 Å². The van der Waals surface area contributed by atoms with Crippen molar-refractivity contribution >= 4 is 23.0 Å². The van der Waals surface area contributed by atoms with E-state index in [-0.39, 0.29) is 0 Å². The summed E-state index contributed by atoms with van der Waals surface area (Å²) in [5.41, 5.74) is 3.84. The average molecular weight is 210 g/mol. The molecule has 0 N–H and O–H groups in total. The Kier molecular flexibility index (Phi) is 8.24. The minimum Gasteiger partial charge on any atom is -0.282 e. The molecule has 0 bridgehead atoms. The Morgan fingerprint density at radius 2 is 2.14 bits per heavy atom. The van der Waals surface area contributed by atoms with Gasteiger partial charge < -0.3 is 0 Å². The summed E-state index contributed by atoms with van der Waals surface area (Å²) in [5.74, 6) is 1.07. The first-order valence-corrected chi connectivity index (χ1v) is 5.68. The quantitative estimate of drug-likeness (QED) is 0.487. The summed E-state index contributed by atoms with van der Waals surface area (Å²) in [5, 5.41) is 0. The molecular formula is C11H18N2S. The van der Waals surface area contributed by atoms with E-state index in [0.29, 0.717) is 6.54 Å². The topological polar surface area (TPSA) is 24.7 Å². The Labute approximate surface area is 90.9 Å². The SMILES string of the molecule is C=C(C)C(C)=N/C=C\CN=CSCC. The van der Waals surface area contributed by atoms with Gasteiger partial charge >= 0.3 is 0 Å². The van der Waals surface area contributed by atoms with Gasteiger partial charge in [0, 0.05) is 11.9 Å². The lowest BCUT2D eigenvalue weighted by Gasteiger charge is -1.92. The molecule has 3 heteroatoms. The fraction of sp³-hybridized carbons (Fsp3) is 0.455. The Hall–Kier alpha value is -0.830. The van der Waals surface area contributed by atoms with Crippen molar-refractivity contribution in [2.45, 2.75) is 20.8 Å². The van der Waals surface area contributed by atoms with E-state index < -0.39 is 0 Å². The third kappa shape index (κ3) is 7.80. The van der Waals surface area contributed by atoms with E-state index in [1.807, 2.05) is 25.5 Å². The molecule has 0 saturated carbocycles. The van der Waals surface area contributed by atoms with E-state index in [1.54, 1.807) is 18.0 Å². The number of hydrogen-bond donors (Lipinski definition) is 0. The van der Waals surface area contributed by atoms with Gasteiger partial charge in [0.2, 0.25) is 0 Å². The van der Waals surface area contributed by atoms with Crippen molar-refractivity contribution in [3.8, 4) is 0 Å². The van der Waals surface area contributed by atoms with Crippen LogP contribution in [0.25, 0.3) is 0 Å². The van der Waals surface area contributed by atoms with Gasteiger partial charge in [-0.2, -0.15) is 0 Å². The first-order chi connectivity index (χ1) is 6.68. The van der Waals surface area contributed by atoms with Gasteiger partial charge in [0.1, 0.15) is 0 Å². The van der Waals surface area contributed by atoms with E-state index in [9.17, 15) is 0 Å². The van der Waals surface area contributed by atoms with Gasteiger partial charge in [-0.1, -0.05) is 13.5 Å². The predicted molar refractivity (Wildman–Crippen MR) is 68.6 cm³/mol. The lowest BCUT2D eigenvalue weighted by atomic mass is 10.2. The molecule has 0 unspecified atom stereocenters. The molecule has 78 valence electrons. The molecular weight excluding hydrogens is 192 g/mol. The average Bonchev–Trinajstić information content (AvgIpc) is 2.16. The second kappa shape index (κ2) is 8.75. The zero-order chi connectivity index (χ0) is 10.8. The van der Waals surface area contributed by atoms with Gasteiger partial charge in [-0.25, -0.2) is 0 Å². The van der Waals surface area contributed by atoms with Crippen molar-refractivity contribution < 1.29 is 0 Å². The molecule has 0 aliphatic rings. The summed E-state index contributed by atoms with van der Waals surface area (Å²) in [6.07, 6.45) is 3.71. The monoisotopic (exact) mass is 210 g/mol. The van der Waals surface area contributed by atoms with E-state index in [0.717, 1.165) is 17.0 Å². The van der Waals surface area contributed by atoms with Crippen LogP contribution in [-0.4, -0.2) is 23.6 Å². The fourth-order valence-corrected chi connectivity index (χ4v) is 0.894. The maximum absolute atomic E-state index is 4.20. The van der Waals surface area contributed by atoms with Crippen molar-refractivity contribution in [1.82, 2.24) is 0 Å². The normalized spacial score (nSPS) is 12.9. The molecule has 2 nitrogen and oxygen atoms in total. The lowest BCUT2D eigenvalue weighted by molar-refractivity contribution is 1.25. The molecule has 0 rings (SSSR count). The molecule has 0 radical (unpaired) electrons. The van der Waals surface area contributed by atoms with Crippen molar-refractivity contribution in [2.24, 2.45) is 9.98 Å². The molecule has 0 heterocycles. The van der Waals surface area contributed by atoms with Crippen molar-refractivity contribution in [3.63, 3.8) is 0 Å². The van der Waals surface area contributed by atoms with Crippen LogP contribution in [0.5, 0.6) is 0 Å². The van der Waals surface area contributed by atoms with Crippen molar-refractivity contribution in [1.29, 1.82) is 0 Å². The van der Waals surface area contributed by atoms with E-state index in [2.05, 4.69) is 23.5 Å². The van der Waals surface area contributed by atoms with E-state index in [1.165, 1.54) is 0 Å². The van der Waals surface area contributed by atoms with Gasteiger partial charge in [-0.15, -0.1) is 11.8 Å². The first-order valence-electron chi connectivity index (χ1n) is 4.63. The van der Waals surface area contributed by atoms with Crippen LogP contribution in [-0.2, 0) is 0 Å². The number of hydrogen-bond acceptors (Lipinski definition) is 3. The van der Waals surface area contributed by atoms with Gasteiger partial charge in [-0.3, -0.25) is 9.98 Å². The van der Waals surface area contributed by atoms with Crippen LogP contribution in [0.2, 0.25) is 0 Å². The van der Waals surface area contributed by atoms with E-state index in [4.69, 9.17) is 0 Å². The van der Waals surface area contributed by atoms with Gasteiger partial charge in [0.25, 0.3) is 0 Å². The second-order valence-electron chi connectivity index (χ2n) is 2.81. The van der Waals surface area contributed by atoms with Crippen molar-refractivity contribution in [3.05, 3.63) is 24.4 Å². The summed E-state index contributed by atoms with van der Waals surface area (Å²) >= 11 is 1.70. The Bertz CT molecular complexity index is 252.